The number of amides is 2. The van der Waals surface area contributed by atoms with Gasteiger partial charge in [0.2, 0.25) is 0 Å². The zero-order valence-corrected chi connectivity index (χ0v) is 13.9. The second-order valence-corrected chi connectivity index (χ2v) is 7.47. The van der Waals surface area contributed by atoms with Gasteiger partial charge in [-0.1, -0.05) is 24.3 Å². The van der Waals surface area contributed by atoms with Crippen molar-refractivity contribution >= 4 is 16.8 Å². The van der Waals surface area contributed by atoms with Crippen molar-refractivity contribution in [2.24, 2.45) is 0 Å². The minimum atomic E-state index is -0.965. The molecule has 0 saturated carbocycles. The number of hydrogen-bond donors (Lipinski definition) is 2. The van der Waals surface area contributed by atoms with E-state index in [2.05, 4.69) is 11.4 Å². The van der Waals surface area contributed by atoms with E-state index in [0.29, 0.717) is 13.1 Å². The summed E-state index contributed by atoms with van der Waals surface area (Å²) >= 11 is 0. The summed E-state index contributed by atoms with van der Waals surface area (Å²) in [5.41, 5.74) is 2.43. The van der Waals surface area contributed by atoms with Gasteiger partial charge in [-0.3, -0.25) is 4.21 Å². The van der Waals surface area contributed by atoms with E-state index in [1.165, 1.54) is 11.1 Å². The van der Waals surface area contributed by atoms with Crippen molar-refractivity contribution < 1.29 is 14.1 Å². The van der Waals surface area contributed by atoms with Gasteiger partial charge in [0.15, 0.2) is 0 Å². The molecule has 0 radical (unpaired) electrons. The highest BCUT2D eigenvalue weighted by Gasteiger charge is 2.30. The van der Waals surface area contributed by atoms with Crippen molar-refractivity contribution in [2.75, 3.05) is 26.0 Å². The molecule has 2 N–H and O–H groups in total. The number of benzene rings is 1. The van der Waals surface area contributed by atoms with E-state index >= 15 is 0 Å². The second kappa shape index (κ2) is 7.74. The predicted molar refractivity (Wildman–Crippen MR) is 88.2 cm³/mol. The van der Waals surface area contributed by atoms with E-state index < -0.39 is 10.8 Å². The first kappa shape index (κ1) is 17.0. The molecular weight excluding hydrogens is 300 g/mol. The highest BCUT2D eigenvalue weighted by molar-refractivity contribution is 7.84. The summed E-state index contributed by atoms with van der Waals surface area (Å²) in [5.74, 6) is 0. The highest BCUT2D eigenvalue weighted by atomic mass is 32.2. The van der Waals surface area contributed by atoms with Crippen LogP contribution in [0.15, 0.2) is 24.3 Å². The summed E-state index contributed by atoms with van der Waals surface area (Å²) in [5, 5.41) is 12.0. The molecule has 3 atom stereocenters. The summed E-state index contributed by atoms with van der Waals surface area (Å²) < 4.78 is 11.4. The number of aliphatic hydroxyl groups excluding tert-OH is 1. The van der Waals surface area contributed by atoms with Gasteiger partial charge in [-0.05, 0) is 30.9 Å². The van der Waals surface area contributed by atoms with Crippen LogP contribution >= 0.6 is 0 Å². The van der Waals surface area contributed by atoms with E-state index in [1.54, 1.807) is 11.2 Å². The van der Waals surface area contributed by atoms with Crippen LogP contribution in [0.25, 0.3) is 0 Å². The van der Waals surface area contributed by atoms with Crippen LogP contribution < -0.4 is 5.32 Å². The summed E-state index contributed by atoms with van der Waals surface area (Å²) in [7, 11) is -0.965. The molecule has 1 aliphatic rings. The molecule has 1 aromatic rings. The quantitative estimate of drug-likeness (QED) is 0.832. The Morgan fingerprint density at radius 3 is 2.91 bits per heavy atom. The molecule has 6 heteroatoms. The predicted octanol–water partition coefficient (Wildman–Crippen LogP) is 1.44. The lowest BCUT2D eigenvalue weighted by molar-refractivity contribution is 0.151. The van der Waals surface area contributed by atoms with E-state index in [-0.39, 0.29) is 23.9 Å². The maximum absolute atomic E-state index is 12.5. The first-order valence-electron chi connectivity index (χ1n) is 7.60. The van der Waals surface area contributed by atoms with Crippen LogP contribution in [0, 0.1) is 0 Å². The number of aliphatic hydroxyl groups is 1. The van der Waals surface area contributed by atoms with Crippen LogP contribution in [0.2, 0.25) is 0 Å². The number of rotatable bonds is 6. The van der Waals surface area contributed by atoms with Crippen molar-refractivity contribution in [2.45, 2.75) is 31.1 Å². The Kier molecular flexibility index (Phi) is 5.97. The lowest BCUT2D eigenvalue weighted by atomic mass is 10.1. The normalized spacial score (nSPS) is 19.3. The molecule has 0 saturated heterocycles. The van der Waals surface area contributed by atoms with Gasteiger partial charge < -0.3 is 15.3 Å². The fraction of sp³-hybridized carbons (Fsp3) is 0.562. The van der Waals surface area contributed by atoms with Gasteiger partial charge in [-0.2, -0.15) is 0 Å². The van der Waals surface area contributed by atoms with Crippen LogP contribution in [0.4, 0.5) is 4.79 Å². The van der Waals surface area contributed by atoms with Gasteiger partial charge >= 0.3 is 6.03 Å². The number of hydrogen-bond acceptors (Lipinski definition) is 3. The lowest BCUT2D eigenvalue weighted by Crippen LogP contribution is -2.45. The number of nitrogens with one attached hydrogen (secondary N) is 1. The molecule has 2 rings (SSSR count). The van der Waals surface area contributed by atoms with Gasteiger partial charge in [-0.25, -0.2) is 4.79 Å². The third-order valence-electron chi connectivity index (χ3n) is 4.19. The zero-order chi connectivity index (χ0) is 16.1. The molecule has 0 aromatic heterocycles. The Labute approximate surface area is 134 Å². The number of nitrogens with zero attached hydrogens (tertiary/aromatic N) is 1. The van der Waals surface area contributed by atoms with Gasteiger partial charge in [0.25, 0.3) is 0 Å². The average molecular weight is 324 g/mol. The van der Waals surface area contributed by atoms with Crippen molar-refractivity contribution in [3.63, 3.8) is 0 Å². The Morgan fingerprint density at radius 2 is 2.23 bits per heavy atom. The number of fused-ring (bicyclic) bond motifs is 1. The number of carbonyl (C=O) groups is 1. The smallest absolute Gasteiger partial charge is 0.318 e. The fourth-order valence-corrected chi connectivity index (χ4v) is 3.13. The van der Waals surface area contributed by atoms with Gasteiger partial charge in [0, 0.05) is 35.4 Å². The molecule has 0 heterocycles. The molecular formula is C16H24N2O3S. The third kappa shape index (κ3) is 3.87. The molecule has 22 heavy (non-hydrogen) atoms. The molecule has 0 fully saturated rings. The van der Waals surface area contributed by atoms with Crippen molar-refractivity contribution in [3.05, 3.63) is 35.4 Å². The fourth-order valence-electron chi connectivity index (χ4n) is 2.81. The van der Waals surface area contributed by atoms with Crippen molar-refractivity contribution in [1.29, 1.82) is 0 Å². The largest absolute Gasteiger partial charge is 0.395 e. The first-order valence-corrected chi connectivity index (χ1v) is 9.22. The molecule has 3 unspecified atom stereocenters. The number of carbonyl (C=O) groups excluding carboxylic acids is 1. The van der Waals surface area contributed by atoms with E-state index in [4.69, 9.17) is 0 Å². The maximum atomic E-state index is 12.5. The Morgan fingerprint density at radius 1 is 1.50 bits per heavy atom. The average Bonchev–Trinajstić information content (AvgIpc) is 2.93. The van der Waals surface area contributed by atoms with Crippen LogP contribution in [0.1, 0.15) is 30.5 Å². The SMILES string of the molecule is CC(CNC(=O)N(CCO)C1CCc2ccccc21)S(C)=O. The number of urea groups is 1. The van der Waals surface area contributed by atoms with Crippen molar-refractivity contribution in [1.82, 2.24) is 10.2 Å². The van der Waals surface area contributed by atoms with Crippen LogP contribution in [0.5, 0.6) is 0 Å². The molecule has 0 aliphatic heterocycles. The Hall–Kier alpha value is -1.40. The highest BCUT2D eigenvalue weighted by Crippen LogP contribution is 2.35. The Balaban J connectivity index is 2.07. The topological polar surface area (TPSA) is 69.6 Å². The van der Waals surface area contributed by atoms with E-state index in [9.17, 15) is 14.1 Å². The summed E-state index contributed by atoms with van der Waals surface area (Å²) in [6.45, 7) is 2.45. The molecule has 122 valence electrons. The molecule has 1 aliphatic carbocycles. The monoisotopic (exact) mass is 324 g/mol. The second-order valence-electron chi connectivity index (χ2n) is 5.67. The van der Waals surface area contributed by atoms with Crippen LogP contribution in [0.3, 0.4) is 0 Å². The summed E-state index contributed by atoms with van der Waals surface area (Å²) in [4.78, 5) is 14.2. The van der Waals surface area contributed by atoms with Crippen LogP contribution in [-0.2, 0) is 17.2 Å². The lowest BCUT2D eigenvalue weighted by Gasteiger charge is -2.29. The maximum Gasteiger partial charge on any atom is 0.318 e. The minimum absolute atomic E-state index is 0.00535. The van der Waals surface area contributed by atoms with Gasteiger partial charge in [-0.15, -0.1) is 0 Å². The summed E-state index contributed by atoms with van der Waals surface area (Å²) in [6.07, 6.45) is 3.46. The minimum Gasteiger partial charge on any atom is -0.395 e. The molecule has 5 nitrogen and oxygen atoms in total. The number of aryl methyl sites for hydroxylation is 1. The van der Waals surface area contributed by atoms with Crippen molar-refractivity contribution in [3.8, 4) is 0 Å². The Bertz CT molecular complexity index is 550. The van der Waals surface area contributed by atoms with Gasteiger partial charge in [0.05, 0.1) is 12.6 Å². The molecule has 0 bridgehead atoms. The van der Waals surface area contributed by atoms with E-state index in [1.807, 2.05) is 25.1 Å². The molecule has 1 aromatic carbocycles. The van der Waals surface area contributed by atoms with Gasteiger partial charge in [0.1, 0.15) is 0 Å². The van der Waals surface area contributed by atoms with E-state index in [0.717, 1.165) is 12.8 Å². The third-order valence-corrected chi connectivity index (χ3v) is 5.49. The standard InChI is InChI=1S/C16H24N2O3S/c1-12(22(2)21)11-17-16(20)18(9-10-19)15-8-7-13-5-3-4-6-14(13)15/h3-6,12,15,19H,7-11H2,1-2H3,(H,17,20). The van der Waals surface area contributed by atoms with Crippen LogP contribution in [-0.4, -0.2) is 51.4 Å². The summed E-state index contributed by atoms with van der Waals surface area (Å²) in [6, 6.07) is 7.93. The molecule has 2 amide bonds. The zero-order valence-electron chi connectivity index (χ0n) is 13.1. The first-order chi connectivity index (χ1) is 10.5. The molecule has 0 spiro atoms.